The van der Waals surface area contributed by atoms with Gasteiger partial charge in [0.05, 0.1) is 23.4 Å². The molecule has 1 aliphatic rings. The van der Waals surface area contributed by atoms with Crippen molar-refractivity contribution in [3.05, 3.63) is 65.5 Å². The average Bonchev–Trinajstić information content (AvgIpc) is 2.73. The molecule has 7 nitrogen and oxygen atoms in total. The summed E-state index contributed by atoms with van der Waals surface area (Å²) in [5, 5.41) is 3.76. The zero-order valence-corrected chi connectivity index (χ0v) is 17.4. The van der Waals surface area contributed by atoms with Crippen molar-refractivity contribution in [1.82, 2.24) is 4.31 Å². The van der Waals surface area contributed by atoms with E-state index in [1.54, 1.807) is 0 Å². The number of nitrogens with one attached hydrogen (secondary N) is 1. The Morgan fingerprint density at radius 2 is 1.75 bits per heavy atom. The first-order valence-corrected chi connectivity index (χ1v) is 10.9. The molecule has 2 aromatic rings. The number of anilines is 1. The van der Waals surface area contributed by atoms with Crippen LogP contribution in [0.4, 0.5) is 23.2 Å². The minimum absolute atomic E-state index is 0.0165. The van der Waals surface area contributed by atoms with Crippen LogP contribution in [0.5, 0.6) is 0 Å². The molecular weight excluding hydrogens is 454 g/mol. The Bertz CT molecular complexity index is 1090. The van der Waals surface area contributed by atoms with Gasteiger partial charge in [0, 0.05) is 25.9 Å². The number of benzene rings is 2. The van der Waals surface area contributed by atoms with E-state index in [2.05, 4.69) is 9.88 Å². The van der Waals surface area contributed by atoms with Gasteiger partial charge in [-0.05, 0) is 35.9 Å². The van der Waals surface area contributed by atoms with E-state index in [9.17, 15) is 30.8 Å². The molecule has 1 aliphatic heterocycles. The third kappa shape index (κ3) is 6.50. The fraction of sp³-hybridized carbons (Fsp3) is 0.300. The van der Waals surface area contributed by atoms with Gasteiger partial charge in [-0.3, -0.25) is 4.72 Å². The van der Waals surface area contributed by atoms with E-state index in [1.807, 2.05) is 0 Å². The monoisotopic (exact) mass is 473 g/mol. The maximum absolute atomic E-state index is 12.9. The first-order chi connectivity index (χ1) is 15.0. The van der Waals surface area contributed by atoms with E-state index < -0.39 is 33.7 Å². The first kappa shape index (κ1) is 23.7. The van der Waals surface area contributed by atoms with Crippen LogP contribution < -0.4 is 4.72 Å². The van der Waals surface area contributed by atoms with Crippen LogP contribution in [-0.2, 0) is 32.4 Å². The number of carbonyl (C=O) groups is 1. The smallest absolute Gasteiger partial charge is 0.318 e. The molecule has 1 heterocycles. The summed E-state index contributed by atoms with van der Waals surface area (Å²) in [4.78, 5) is 16.7. The van der Waals surface area contributed by atoms with Crippen molar-refractivity contribution in [1.29, 1.82) is 0 Å². The van der Waals surface area contributed by atoms with Gasteiger partial charge < -0.3 is 4.84 Å². The van der Waals surface area contributed by atoms with Crippen LogP contribution in [0.3, 0.4) is 0 Å². The number of alkyl halides is 3. The van der Waals surface area contributed by atoms with Gasteiger partial charge in [0.25, 0.3) is 0 Å². The maximum atomic E-state index is 12.9. The molecule has 0 aliphatic carbocycles. The molecule has 3 rings (SSSR count). The number of halogens is 4. The van der Waals surface area contributed by atoms with Crippen LogP contribution in [0.2, 0.25) is 0 Å². The van der Waals surface area contributed by atoms with Crippen molar-refractivity contribution < 1.29 is 35.6 Å². The van der Waals surface area contributed by atoms with Crippen molar-refractivity contribution in [2.24, 2.45) is 5.16 Å². The Balaban J connectivity index is 1.53. The van der Waals surface area contributed by atoms with Gasteiger partial charge in [0.15, 0.2) is 0 Å². The molecule has 0 bridgehead atoms. The minimum atomic E-state index is -4.59. The van der Waals surface area contributed by atoms with Crippen LogP contribution >= 0.6 is 0 Å². The zero-order chi connectivity index (χ0) is 23.4. The van der Waals surface area contributed by atoms with Gasteiger partial charge in [-0.15, -0.1) is 0 Å². The number of nitrogens with zero attached hydrogens (tertiary/aromatic N) is 2. The fourth-order valence-electron chi connectivity index (χ4n) is 2.97. The number of rotatable bonds is 6. The lowest BCUT2D eigenvalue weighted by Gasteiger charge is -2.27. The third-order valence-corrected chi connectivity index (χ3v) is 6.15. The molecule has 172 valence electrons. The summed E-state index contributed by atoms with van der Waals surface area (Å²) in [5.74, 6) is -1.07. The molecule has 2 aromatic carbocycles. The summed E-state index contributed by atoms with van der Waals surface area (Å²) >= 11 is 0. The van der Waals surface area contributed by atoms with Gasteiger partial charge in [-0.25, -0.2) is 9.18 Å². The van der Waals surface area contributed by atoms with Gasteiger partial charge in [-0.2, -0.15) is 25.9 Å². The molecule has 0 spiro atoms. The maximum Gasteiger partial charge on any atom is 0.416 e. The van der Waals surface area contributed by atoms with Crippen LogP contribution in [-0.4, -0.2) is 37.5 Å². The minimum Gasteiger partial charge on any atom is -0.318 e. The second-order valence-corrected chi connectivity index (χ2v) is 8.68. The highest BCUT2D eigenvalue weighted by Crippen LogP contribution is 2.31. The summed E-state index contributed by atoms with van der Waals surface area (Å²) in [6.45, 7) is 0.0330. The highest BCUT2D eigenvalue weighted by atomic mass is 32.2. The second kappa shape index (κ2) is 9.65. The molecule has 0 radical (unpaired) electrons. The normalized spacial score (nSPS) is 15.3. The molecule has 0 aromatic heterocycles. The molecule has 0 amide bonds. The van der Waals surface area contributed by atoms with Crippen molar-refractivity contribution in [3.8, 4) is 0 Å². The van der Waals surface area contributed by atoms with Gasteiger partial charge in [-0.1, -0.05) is 23.4 Å². The van der Waals surface area contributed by atoms with Crippen molar-refractivity contribution in [2.45, 2.75) is 25.4 Å². The van der Waals surface area contributed by atoms with Crippen molar-refractivity contribution in [2.75, 3.05) is 17.8 Å². The quantitative estimate of drug-likeness (QED) is 0.393. The van der Waals surface area contributed by atoms with E-state index >= 15 is 0 Å². The Kier molecular flexibility index (Phi) is 7.14. The van der Waals surface area contributed by atoms with Crippen molar-refractivity contribution in [3.63, 3.8) is 0 Å². The van der Waals surface area contributed by atoms with Gasteiger partial charge in [0.2, 0.25) is 0 Å². The molecule has 0 unspecified atom stereocenters. The summed E-state index contributed by atoms with van der Waals surface area (Å²) in [6.07, 6.45) is -4.31. The number of carbonyl (C=O) groups excluding carboxylic acids is 1. The Labute approximate surface area is 181 Å². The summed E-state index contributed by atoms with van der Waals surface area (Å²) in [6, 6.07) is 9.24. The molecule has 0 atom stereocenters. The Morgan fingerprint density at radius 1 is 1.09 bits per heavy atom. The molecule has 12 heteroatoms. The lowest BCUT2D eigenvalue weighted by atomic mass is 10.1. The number of hydrogen-bond donors (Lipinski definition) is 1. The average molecular weight is 473 g/mol. The van der Waals surface area contributed by atoms with E-state index in [0.717, 1.165) is 22.5 Å². The molecule has 1 saturated heterocycles. The number of oxime groups is 1. The second-order valence-electron chi connectivity index (χ2n) is 7.01. The van der Waals surface area contributed by atoms with E-state index in [1.165, 1.54) is 30.3 Å². The molecule has 1 N–H and O–H groups in total. The van der Waals surface area contributed by atoms with E-state index in [4.69, 9.17) is 4.84 Å². The highest BCUT2D eigenvalue weighted by Gasteiger charge is 2.31. The number of piperidine rings is 1. The zero-order valence-electron chi connectivity index (χ0n) is 16.6. The molecule has 0 saturated carbocycles. The summed E-state index contributed by atoms with van der Waals surface area (Å²) < 4.78 is 79.5. The Hall–Kier alpha value is -2.99. The predicted molar refractivity (Wildman–Crippen MR) is 108 cm³/mol. The largest absolute Gasteiger partial charge is 0.416 e. The lowest BCUT2D eigenvalue weighted by molar-refractivity contribution is -0.143. The first-order valence-electron chi connectivity index (χ1n) is 9.48. The fourth-order valence-corrected chi connectivity index (χ4v) is 4.18. The highest BCUT2D eigenvalue weighted by molar-refractivity contribution is 7.90. The topological polar surface area (TPSA) is 88.1 Å². The summed E-state index contributed by atoms with van der Waals surface area (Å²) in [5.41, 5.74) is -0.136. The standard InChI is InChI=1S/C20H19F4N3O4S/c21-16-6-4-14(5-7-16)12-19(28)31-25-17-8-10-27(11-9-17)32(29,30)26-18-3-1-2-15(13-18)20(22,23)24/h1-7,13,26H,8-12H2. The van der Waals surface area contributed by atoms with Gasteiger partial charge in [0.1, 0.15) is 5.82 Å². The van der Waals surface area contributed by atoms with Crippen LogP contribution in [0.15, 0.2) is 53.7 Å². The van der Waals surface area contributed by atoms with Gasteiger partial charge >= 0.3 is 22.4 Å². The molecule has 32 heavy (non-hydrogen) atoms. The number of hydrogen-bond acceptors (Lipinski definition) is 5. The lowest BCUT2D eigenvalue weighted by Crippen LogP contribution is -2.41. The van der Waals surface area contributed by atoms with Crippen molar-refractivity contribution >= 4 is 27.6 Å². The van der Waals surface area contributed by atoms with Crippen LogP contribution in [0.25, 0.3) is 0 Å². The Morgan fingerprint density at radius 3 is 2.38 bits per heavy atom. The van der Waals surface area contributed by atoms with Crippen LogP contribution in [0.1, 0.15) is 24.0 Å². The predicted octanol–water partition coefficient (Wildman–Crippen LogP) is 3.74. The summed E-state index contributed by atoms with van der Waals surface area (Å²) in [7, 11) is -4.07. The third-order valence-electron chi connectivity index (χ3n) is 4.61. The SMILES string of the molecule is O=C(Cc1ccc(F)cc1)ON=C1CCN(S(=O)(=O)Nc2cccc(C(F)(F)F)c2)CC1. The van der Waals surface area contributed by atoms with Crippen LogP contribution in [0, 0.1) is 5.82 Å². The molecule has 1 fully saturated rings. The van der Waals surface area contributed by atoms with E-state index in [-0.39, 0.29) is 38.0 Å². The van der Waals surface area contributed by atoms with E-state index in [0.29, 0.717) is 11.3 Å². The molecular formula is C20H19F4N3O4S.